The zero-order chi connectivity index (χ0) is 13.4. The zero-order valence-electron chi connectivity index (χ0n) is 10.4. The molecule has 100 valence electrons. The number of benzene rings is 1. The molecule has 6 nitrogen and oxygen atoms in total. The van der Waals surface area contributed by atoms with Gasteiger partial charge in [-0.05, 0) is 37.3 Å². The molecular weight excluding hydrogens is 246 g/mol. The zero-order valence-corrected chi connectivity index (χ0v) is 10.4. The molecule has 0 unspecified atom stereocenters. The van der Waals surface area contributed by atoms with E-state index in [0.717, 1.165) is 18.4 Å². The van der Waals surface area contributed by atoms with Gasteiger partial charge < -0.3 is 10.6 Å². The average molecular weight is 261 g/mol. The molecule has 0 atom stereocenters. The summed E-state index contributed by atoms with van der Waals surface area (Å²) in [6.07, 6.45) is 4.37. The lowest BCUT2D eigenvalue weighted by Gasteiger charge is -2.28. The Morgan fingerprint density at radius 3 is 2.74 bits per heavy atom. The van der Waals surface area contributed by atoms with Gasteiger partial charge in [0.25, 0.3) is 5.69 Å². The molecule has 6 heteroatoms. The SMILES string of the molecule is O=C1CCc2cc(NC3CCC3)c([N+](=O)[O-])cc2N1. The minimum absolute atomic E-state index is 0.0350. The van der Waals surface area contributed by atoms with Gasteiger partial charge in [0.15, 0.2) is 0 Å². The van der Waals surface area contributed by atoms with Crippen LogP contribution in [0.2, 0.25) is 0 Å². The third-order valence-corrected chi connectivity index (χ3v) is 3.78. The lowest BCUT2D eigenvalue weighted by molar-refractivity contribution is -0.383. The number of hydrogen-bond donors (Lipinski definition) is 2. The van der Waals surface area contributed by atoms with Gasteiger partial charge in [-0.3, -0.25) is 14.9 Å². The number of anilines is 2. The lowest BCUT2D eigenvalue weighted by Crippen LogP contribution is -2.27. The van der Waals surface area contributed by atoms with Crippen LogP contribution in [0, 0.1) is 10.1 Å². The summed E-state index contributed by atoms with van der Waals surface area (Å²) < 4.78 is 0. The Bertz CT molecular complexity index is 552. The maximum absolute atomic E-state index is 11.3. The highest BCUT2D eigenvalue weighted by atomic mass is 16.6. The van der Waals surface area contributed by atoms with Crippen molar-refractivity contribution in [2.24, 2.45) is 0 Å². The molecule has 2 N–H and O–H groups in total. The second-order valence-electron chi connectivity index (χ2n) is 5.10. The number of nitrogens with zero attached hydrogens (tertiary/aromatic N) is 1. The van der Waals surface area contributed by atoms with Crippen LogP contribution in [0.3, 0.4) is 0 Å². The predicted molar refractivity (Wildman–Crippen MR) is 71.3 cm³/mol. The van der Waals surface area contributed by atoms with Gasteiger partial charge in [-0.15, -0.1) is 0 Å². The van der Waals surface area contributed by atoms with E-state index >= 15 is 0 Å². The lowest BCUT2D eigenvalue weighted by atomic mass is 9.92. The maximum atomic E-state index is 11.3. The standard InChI is InChI=1S/C13H15N3O3/c17-13-5-4-8-6-11(14-9-2-1-3-9)12(16(18)19)7-10(8)15-13/h6-7,9,14H,1-5H2,(H,15,17). The van der Waals surface area contributed by atoms with Gasteiger partial charge in [0.2, 0.25) is 5.91 Å². The number of carbonyl (C=O) groups is 1. The van der Waals surface area contributed by atoms with E-state index in [1.165, 1.54) is 12.5 Å². The molecule has 1 fully saturated rings. The van der Waals surface area contributed by atoms with Crippen molar-refractivity contribution in [3.05, 3.63) is 27.8 Å². The van der Waals surface area contributed by atoms with Crippen LogP contribution in [0.25, 0.3) is 0 Å². The van der Waals surface area contributed by atoms with Gasteiger partial charge >= 0.3 is 0 Å². The first-order chi connectivity index (χ1) is 9.13. The number of nitro groups is 1. The fraction of sp³-hybridized carbons (Fsp3) is 0.462. The minimum Gasteiger partial charge on any atom is -0.377 e. The number of carbonyl (C=O) groups excluding carboxylic acids is 1. The van der Waals surface area contributed by atoms with Crippen LogP contribution in [-0.2, 0) is 11.2 Å². The Morgan fingerprint density at radius 2 is 2.11 bits per heavy atom. The van der Waals surface area contributed by atoms with Crippen LogP contribution < -0.4 is 10.6 Å². The number of nitrogens with one attached hydrogen (secondary N) is 2. The molecular formula is C13H15N3O3. The summed E-state index contributed by atoms with van der Waals surface area (Å²) in [6, 6.07) is 3.62. The summed E-state index contributed by atoms with van der Waals surface area (Å²) in [5.41, 5.74) is 2.14. The van der Waals surface area contributed by atoms with E-state index in [1.807, 2.05) is 6.07 Å². The van der Waals surface area contributed by atoms with E-state index in [2.05, 4.69) is 10.6 Å². The fourth-order valence-electron chi connectivity index (χ4n) is 2.46. The van der Waals surface area contributed by atoms with E-state index in [9.17, 15) is 14.9 Å². The second kappa shape index (κ2) is 4.53. The van der Waals surface area contributed by atoms with Gasteiger partial charge in [-0.2, -0.15) is 0 Å². The molecule has 2 aliphatic rings. The molecule has 0 bridgehead atoms. The summed E-state index contributed by atoms with van der Waals surface area (Å²) in [5.74, 6) is -0.0819. The minimum atomic E-state index is -0.401. The van der Waals surface area contributed by atoms with Crippen LogP contribution in [-0.4, -0.2) is 16.9 Å². The first-order valence-corrected chi connectivity index (χ1v) is 6.51. The van der Waals surface area contributed by atoms with Crippen LogP contribution >= 0.6 is 0 Å². The normalized spacial score (nSPS) is 18.2. The molecule has 1 heterocycles. The number of rotatable bonds is 3. The summed E-state index contributed by atoms with van der Waals surface area (Å²) in [6.45, 7) is 0. The molecule has 0 spiro atoms. The first kappa shape index (κ1) is 12.0. The third-order valence-electron chi connectivity index (χ3n) is 3.78. The molecule has 0 saturated heterocycles. The highest BCUT2D eigenvalue weighted by molar-refractivity contribution is 5.95. The average Bonchev–Trinajstić information content (AvgIpc) is 2.32. The molecule has 1 saturated carbocycles. The van der Waals surface area contributed by atoms with Crippen LogP contribution in [0.4, 0.5) is 17.1 Å². The smallest absolute Gasteiger partial charge is 0.294 e. The predicted octanol–water partition coefficient (Wildman–Crippen LogP) is 2.44. The van der Waals surface area contributed by atoms with Crippen LogP contribution in [0.1, 0.15) is 31.2 Å². The Hall–Kier alpha value is -2.11. The topological polar surface area (TPSA) is 84.3 Å². The van der Waals surface area contributed by atoms with E-state index in [1.54, 1.807) is 0 Å². The van der Waals surface area contributed by atoms with Crippen LogP contribution in [0.5, 0.6) is 0 Å². The van der Waals surface area contributed by atoms with Gasteiger partial charge in [0.05, 0.1) is 10.6 Å². The highest BCUT2D eigenvalue weighted by Gasteiger charge is 2.25. The van der Waals surface area contributed by atoms with Crippen molar-refractivity contribution < 1.29 is 9.72 Å². The maximum Gasteiger partial charge on any atom is 0.294 e. The number of aryl methyl sites for hydroxylation is 1. The van der Waals surface area contributed by atoms with Gasteiger partial charge in [-0.25, -0.2) is 0 Å². The van der Waals surface area contributed by atoms with E-state index in [0.29, 0.717) is 30.3 Å². The van der Waals surface area contributed by atoms with Crippen molar-refractivity contribution in [3.8, 4) is 0 Å². The molecule has 1 aromatic carbocycles. The molecule has 3 rings (SSSR count). The van der Waals surface area contributed by atoms with Gasteiger partial charge in [0, 0.05) is 18.5 Å². The molecule has 1 aliphatic heterocycles. The number of amides is 1. The Balaban J connectivity index is 1.96. The van der Waals surface area contributed by atoms with Crippen molar-refractivity contribution in [1.82, 2.24) is 0 Å². The molecule has 1 aliphatic carbocycles. The number of nitro benzene ring substituents is 1. The summed E-state index contributed by atoms with van der Waals surface area (Å²) in [7, 11) is 0. The second-order valence-corrected chi connectivity index (χ2v) is 5.10. The molecule has 0 aromatic heterocycles. The summed E-state index contributed by atoms with van der Waals surface area (Å²) in [5, 5.41) is 17.1. The van der Waals surface area contributed by atoms with E-state index in [-0.39, 0.29) is 11.6 Å². The molecule has 1 amide bonds. The first-order valence-electron chi connectivity index (χ1n) is 6.51. The van der Waals surface area contributed by atoms with Gasteiger partial charge in [0.1, 0.15) is 5.69 Å². The van der Waals surface area contributed by atoms with E-state index in [4.69, 9.17) is 0 Å². The fourth-order valence-corrected chi connectivity index (χ4v) is 2.46. The van der Waals surface area contributed by atoms with Crippen LogP contribution in [0.15, 0.2) is 12.1 Å². The van der Waals surface area contributed by atoms with Crippen molar-refractivity contribution in [1.29, 1.82) is 0 Å². The van der Waals surface area contributed by atoms with Gasteiger partial charge in [-0.1, -0.05) is 0 Å². The van der Waals surface area contributed by atoms with Crippen molar-refractivity contribution in [3.63, 3.8) is 0 Å². The monoisotopic (exact) mass is 261 g/mol. The Kier molecular flexibility index (Phi) is 2.85. The highest BCUT2D eigenvalue weighted by Crippen LogP contribution is 2.36. The quantitative estimate of drug-likeness (QED) is 0.646. The molecule has 0 radical (unpaired) electrons. The molecule has 1 aromatic rings. The summed E-state index contributed by atoms with van der Waals surface area (Å²) >= 11 is 0. The largest absolute Gasteiger partial charge is 0.377 e. The Morgan fingerprint density at radius 1 is 1.32 bits per heavy atom. The van der Waals surface area contributed by atoms with Crippen molar-refractivity contribution >= 4 is 23.0 Å². The van der Waals surface area contributed by atoms with E-state index < -0.39 is 4.92 Å². The van der Waals surface area contributed by atoms with Crippen molar-refractivity contribution in [2.75, 3.05) is 10.6 Å². The Labute approximate surface area is 110 Å². The third kappa shape index (κ3) is 2.25. The van der Waals surface area contributed by atoms with Crippen molar-refractivity contribution in [2.45, 2.75) is 38.1 Å². The molecule has 19 heavy (non-hydrogen) atoms. The summed E-state index contributed by atoms with van der Waals surface area (Å²) in [4.78, 5) is 22.1. The number of fused-ring (bicyclic) bond motifs is 1. The number of hydrogen-bond acceptors (Lipinski definition) is 4.